The predicted octanol–water partition coefficient (Wildman–Crippen LogP) is 3.09. The highest BCUT2D eigenvalue weighted by molar-refractivity contribution is 5.97. The Kier molecular flexibility index (Phi) is 8.04. The van der Waals surface area contributed by atoms with Crippen LogP contribution in [0.4, 0.5) is 0 Å². The van der Waals surface area contributed by atoms with Crippen LogP contribution in [0.3, 0.4) is 0 Å². The van der Waals surface area contributed by atoms with E-state index >= 15 is 0 Å². The Morgan fingerprint density at radius 2 is 2.05 bits per heavy atom. The molecule has 1 aromatic rings. The highest BCUT2D eigenvalue weighted by atomic mass is 16.5. The molecule has 22 heavy (non-hydrogen) atoms. The predicted molar refractivity (Wildman–Crippen MR) is 89.5 cm³/mol. The number of amides is 1. The molecule has 1 amide bonds. The Labute approximate surface area is 132 Å². The molecule has 0 saturated heterocycles. The van der Waals surface area contributed by atoms with Gasteiger partial charge in [0.05, 0.1) is 12.6 Å². The number of hydrogen-bond donors (Lipinski definition) is 3. The molecule has 0 unspecified atom stereocenters. The van der Waals surface area contributed by atoms with Crippen molar-refractivity contribution >= 4 is 11.7 Å². The van der Waals surface area contributed by atoms with Gasteiger partial charge in [-0.15, -0.1) is 0 Å². The van der Waals surface area contributed by atoms with Crippen molar-refractivity contribution in [1.29, 1.82) is 5.41 Å². The van der Waals surface area contributed by atoms with Gasteiger partial charge in [-0.25, -0.2) is 0 Å². The van der Waals surface area contributed by atoms with E-state index < -0.39 is 6.04 Å². The first kappa shape index (κ1) is 18.0. The molecule has 0 spiro atoms. The van der Waals surface area contributed by atoms with Gasteiger partial charge < -0.3 is 15.8 Å². The number of unbranched alkanes of at least 4 members (excludes halogenated alkanes) is 4. The maximum atomic E-state index is 12.0. The summed E-state index contributed by atoms with van der Waals surface area (Å²) in [5, 5.41) is 9.97. The first-order valence-corrected chi connectivity index (χ1v) is 7.92. The smallest absolute Gasteiger partial charge is 0.251 e. The summed E-state index contributed by atoms with van der Waals surface area (Å²) in [5.74, 6) is 0.377. The van der Waals surface area contributed by atoms with Gasteiger partial charge in [-0.2, -0.15) is 0 Å². The molecule has 1 rings (SSSR count). The van der Waals surface area contributed by atoms with Crippen LogP contribution in [-0.4, -0.2) is 24.4 Å². The molecule has 0 fully saturated rings. The zero-order chi connectivity index (χ0) is 16.4. The van der Waals surface area contributed by atoms with E-state index in [9.17, 15) is 4.79 Å². The summed E-state index contributed by atoms with van der Waals surface area (Å²) in [5.41, 5.74) is 5.86. The van der Waals surface area contributed by atoms with E-state index in [2.05, 4.69) is 12.2 Å². The molecule has 1 aromatic carbocycles. The minimum absolute atomic E-state index is 0.0622. The summed E-state index contributed by atoms with van der Waals surface area (Å²) in [6, 6.07) is 6.59. The number of nitrogens with two attached hydrogens (primary N) is 1. The van der Waals surface area contributed by atoms with E-state index in [0.717, 1.165) is 6.42 Å². The monoisotopic (exact) mass is 305 g/mol. The first-order chi connectivity index (χ1) is 10.5. The fraction of sp³-hybridized carbons (Fsp3) is 0.529. The van der Waals surface area contributed by atoms with Crippen molar-refractivity contribution in [3.05, 3.63) is 29.8 Å². The molecule has 5 nitrogen and oxygen atoms in total. The van der Waals surface area contributed by atoms with Gasteiger partial charge in [-0.3, -0.25) is 10.2 Å². The largest absolute Gasteiger partial charge is 0.494 e. The molecule has 5 heteroatoms. The number of carbonyl (C=O) groups is 1. The Balaban J connectivity index is 2.44. The maximum absolute atomic E-state index is 12.0. The van der Waals surface area contributed by atoms with Crippen LogP contribution < -0.4 is 15.8 Å². The topological polar surface area (TPSA) is 88.2 Å². The average molecular weight is 305 g/mol. The molecule has 0 saturated carbocycles. The zero-order valence-electron chi connectivity index (χ0n) is 13.5. The lowest BCUT2D eigenvalue weighted by molar-refractivity contribution is 0.0948. The van der Waals surface area contributed by atoms with Crippen LogP contribution in [0.25, 0.3) is 0 Å². The molecule has 0 heterocycles. The van der Waals surface area contributed by atoms with Crippen molar-refractivity contribution in [2.24, 2.45) is 5.73 Å². The van der Waals surface area contributed by atoms with Gasteiger partial charge in [0.1, 0.15) is 11.6 Å². The number of benzene rings is 1. The first-order valence-electron chi connectivity index (χ1n) is 7.92. The summed E-state index contributed by atoms with van der Waals surface area (Å²) < 4.78 is 5.68. The molecule has 0 aromatic heterocycles. The molecule has 0 radical (unpaired) electrons. The maximum Gasteiger partial charge on any atom is 0.251 e. The second-order valence-corrected chi connectivity index (χ2v) is 5.44. The van der Waals surface area contributed by atoms with Gasteiger partial charge in [0.15, 0.2) is 0 Å². The summed E-state index contributed by atoms with van der Waals surface area (Å²) in [6.07, 6.45) is 5.94. The highest BCUT2D eigenvalue weighted by Crippen LogP contribution is 2.14. The highest BCUT2D eigenvalue weighted by Gasteiger charge is 2.12. The Morgan fingerprint density at radius 3 is 2.73 bits per heavy atom. The number of ether oxygens (including phenoxy) is 1. The molecule has 1 atom stereocenters. The van der Waals surface area contributed by atoms with Gasteiger partial charge in [0.25, 0.3) is 5.91 Å². The van der Waals surface area contributed by atoms with Gasteiger partial charge in [0, 0.05) is 5.56 Å². The lowest BCUT2D eigenvalue weighted by Crippen LogP contribution is -2.41. The van der Waals surface area contributed by atoms with Crippen LogP contribution >= 0.6 is 0 Å². The Hall–Kier alpha value is -2.04. The van der Waals surface area contributed by atoms with E-state index in [1.165, 1.54) is 25.7 Å². The van der Waals surface area contributed by atoms with Crippen molar-refractivity contribution in [2.45, 2.75) is 52.0 Å². The summed E-state index contributed by atoms with van der Waals surface area (Å²) in [4.78, 5) is 12.0. The van der Waals surface area contributed by atoms with E-state index in [0.29, 0.717) is 17.9 Å². The van der Waals surface area contributed by atoms with Crippen molar-refractivity contribution in [3.63, 3.8) is 0 Å². The standard InChI is InChI=1S/C17H27N3O2/c1-3-4-5-6-7-11-22-15-10-8-9-14(12-15)17(21)20-13(2)16(18)19/h8-10,12-13H,3-7,11H2,1-2H3,(H3,18,19)(H,20,21)/t13-/m1/s1. The van der Waals surface area contributed by atoms with Crippen molar-refractivity contribution < 1.29 is 9.53 Å². The van der Waals surface area contributed by atoms with Crippen molar-refractivity contribution in [1.82, 2.24) is 5.32 Å². The number of rotatable bonds is 10. The van der Waals surface area contributed by atoms with E-state index in [-0.39, 0.29) is 11.7 Å². The third kappa shape index (κ3) is 6.61. The minimum Gasteiger partial charge on any atom is -0.494 e. The Bertz CT molecular complexity index is 489. The quantitative estimate of drug-likeness (QED) is 0.352. The van der Waals surface area contributed by atoms with Gasteiger partial charge in [0.2, 0.25) is 0 Å². The van der Waals surface area contributed by atoms with E-state index in [4.69, 9.17) is 15.9 Å². The molecule has 0 aliphatic carbocycles. The van der Waals surface area contributed by atoms with Crippen LogP contribution in [0.1, 0.15) is 56.3 Å². The Morgan fingerprint density at radius 1 is 1.32 bits per heavy atom. The number of amidine groups is 1. The van der Waals surface area contributed by atoms with Crippen LogP contribution in [0.5, 0.6) is 5.75 Å². The lowest BCUT2D eigenvalue weighted by Gasteiger charge is -2.13. The van der Waals surface area contributed by atoms with E-state index in [1.54, 1.807) is 25.1 Å². The molecular weight excluding hydrogens is 278 g/mol. The van der Waals surface area contributed by atoms with E-state index in [1.807, 2.05) is 6.07 Å². The SMILES string of the molecule is CCCCCCCOc1cccc(C(=O)N[C@H](C)C(=N)N)c1. The number of nitrogens with one attached hydrogen (secondary N) is 2. The molecule has 0 aliphatic rings. The van der Waals surface area contributed by atoms with Crippen LogP contribution in [0.15, 0.2) is 24.3 Å². The van der Waals surface area contributed by atoms with Gasteiger partial charge in [-0.1, -0.05) is 38.7 Å². The normalized spacial score (nSPS) is 11.7. The minimum atomic E-state index is -0.476. The summed E-state index contributed by atoms with van der Waals surface area (Å²) in [7, 11) is 0. The number of hydrogen-bond acceptors (Lipinski definition) is 3. The van der Waals surface area contributed by atoms with Gasteiger partial charge >= 0.3 is 0 Å². The third-order valence-corrected chi connectivity index (χ3v) is 3.43. The van der Waals surface area contributed by atoms with Gasteiger partial charge in [-0.05, 0) is 31.5 Å². The summed E-state index contributed by atoms with van der Waals surface area (Å²) in [6.45, 7) is 4.54. The average Bonchev–Trinajstić information content (AvgIpc) is 2.50. The van der Waals surface area contributed by atoms with Crippen LogP contribution in [-0.2, 0) is 0 Å². The van der Waals surface area contributed by atoms with Crippen molar-refractivity contribution in [3.8, 4) is 5.75 Å². The zero-order valence-corrected chi connectivity index (χ0v) is 13.5. The molecule has 4 N–H and O–H groups in total. The fourth-order valence-electron chi connectivity index (χ4n) is 1.98. The molecule has 0 bridgehead atoms. The van der Waals surface area contributed by atoms with Crippen LogP contribution in [0.2, 0.25) is 0 Å². The van der Waals surface area contributed by atoms with Crippen molar-refractivity contribution in [2.75, 3.05) is 6.61 Å². The van der Waals surface area contributed by atoms with Crippen LogP contribution in [0, 0.1) is 5.41 Å². The molecular formula is C17H27N3O2. The lowest BCUT2D eigenvalue weighted by atomic mass is 10.1. The summed E-state index contributed by atoms with van der Waals surface area (Å²) >= 11 is 0. The second-order valence-electron chi connectivity index (χ2n) is 5.44. The fourth-order valence-corrected chi connectivity index (χ4v) is 1.98. The molecule has 122 valence electrons. The second kappa shape index (κ2) is 9.82. The molecule has 0 aliphatic heterocycles. The number of carbonyl (C=O) groups excluding carboxylic acids is 1. The third-order valence-electron chi connectivity index (χ3n) is 3.43.